The largest absolute Gasteiger partial charge is 0.356 e. The molecule has 1 aromatic carbocycles. The van der Waals surface area contributed by atoms with Gasteiger partial charge in [-0.2, -0.15) is 0 Å². The molecule has 14 heavy (non-hydrogen) atoms. The summed E-state index contributed by atoms with van der Waals surface area (Å²) in [5, 5.41) is 5.16. The lowest BCUT2D eigenvalue weighted by atomic mass is 10.1. The number of hydrogen-bond donors (Lipinski definition) is 1. The third-order valence-corrected chi connectivity index (χ3v) is 1.94. The quantitative estimate of drug-likeness (QED) is 0.794. The first kappa shape index (κ1) is 10.7. The van der Waals surface area contributed by atoms with E-state index in [9.17, 15) is 0 Å². The Balaban J connectivity index is 0.000000461. The monoisotopic (exact) mass is 192 g/mol. The molecule has 0 spiro atoms. The fraction of sp³-hybridized carbons (Fsp3) is 0.364. The van der Waals surface area contributed by atoms with Crippen LogP contribution in [-0.2, 0) is 6.42 Å². The summed E-state index contributed by atoms with van der Waals surface area (Å²) in [6, 6.07) is 7.97. The second-order valence-electron chi connectivity index (χ2n) is 2.88. The van der Waals surface area contributed by atoms with Crippen LogP contribution in [0, 0.1) is 0 Å². The molecule has 0 saturated carbocycles. The summed E-state index contributed by atoms with van der Waals surface area (Å²) in [4.78, 5) is 0. The van der Waals surface area contributed by atoms with E-state index in [-0.39, 0.29) is 0 Å². The van der Waals surface area contributed by atoms with Crippen molar-refractivity contribution in [3.63, 3.8) is 0 Å². The van der Waals surface area contributed by atoms with Gasteiger partial charge in [-0.3, -0.25) is 0 Å². The molecular weight excluding hydrogens is 176 g/mol. The average Bonchev–Trinajstić information content (AvgIpc) is 2.66. The molecule has 0 radical (unpaired) electrons. The number of aromatic nitrogens is 1. The Bertz CT molecular complexity index is 381. The van der Waals surface area contributed by atoms with Gasteiger partial charge in [-0.1, -0.05) is 30.6 Å². The van der Waals surface area contributed by atoms with Crippen LogP contribution >= 0.6 is 0 Å². The Labute approximate surface area is 83.9 Å². The van der Waals surface area contributed by atoms with Crippen molar-refractivity contribution in [3.05, 3.63) is 30.0 Å². The van der Waals surface area contributed by atoms with Crippen molar-refractivity contribution in [2.75, 3.05) is 7.05 Å². The zero-order chi connectivity index (χ0) is 10.4. The van der Waals surface area contributed by atoms with Crippen molar-refractivity contribution in [2.24, 2.45) is 5.73 Å². The van der Waals surface area contributed by atoms with Gasteiger partial charge >= 0.3 is 0 Å². The van der Waals surface area contributed by atoms with E-state index in [1.807, 2.05) is 18.2 Å². The van der Waals surface area contributed by atoms with Gasteiger partial charge in [0.05, 0.1) is 5.69 Å². The molecule has 2 N–H and O–H groups in total. The molecule has 2 aromatic rings. The zero-order valence-electron chi connectivity index (χ0n) is 8.66. The van der Waals surface area contributed by atoms with Crippen LogP contribution in [0.2, 0.25) is 0 Å². The van der Waals surface area contributed by atoms with Crippen LogP contribution in [-0.4, -0.2) is 12.2 Å². The summed E-state index contributed by atoms with van der Waals surface area (Å²) >= 11 is 0. The second kappa shape index (κ2) is 5.40. The molecule has 0 amide bonds. The van der Waals surface area contributed by atoms with E-state index in [0.717, 1.165) is 29.5 Å². The van der Waals surface area contributed by atoms with Gasteiger partial charge in [0.2, 0.25) is 0 Å². The lowest BCUT2D eigenvalue weighted by molar-refractivity contribution is 0.445. The normalized spacial score (nSPS) is 9.64. The molecule has 76 valence electrons. The average molecular weight is 192 g/mol. The Hall–Kier alpha value is -1.35. The summed E-state index contributed by atoms with van der Waals surface area (Å²) in [7, 11) is 1.50. The smallest absolute Gasteiger partial charge is 0.167 e. The molecule has 2 rings (SSSR count). The lowest BCUT2D eigenvalue weighted by Gasteiger charge is -1.89. The van der Waals surface area contributed by atoms with E-state index >= 15 is 0 Å². The van der Waals surface area contributed by atoms with E-state index in [1.54, 1.807) is 0 Å². The number of fused-ring (bicyclic) bond motifs is 1. The van der Waals surface area contributed by atoms with Crippen molar-refractivity contribution in [1.82, 2.24) is 5.16 Å². The molecular formula is C11H16N2O. The van der Waals surface area contributed by atoms with Gasteiger partial charge in [0.1, 0.15) is 0 Å². The van der Waals surface area contributed by atoms with Crippen LogP contribution in [0.25, 0.3) is 11.0 Å². The molecule has 0 unspecified atom stereocenters. The van der Waals surface area contributed by atoms with Gasteiger partial charge in [0.25, 0.3) is 0 Å². The summed E-state index contributed by atoms with van der Waals surface area (Å²) in [5.74, 6) is 0. The Kier molecular flexibility index (Phi) is 4.13. The van der Waals surface area contributed by atoms with Crippen molar-refractivity contribution >= 4 is 11.0 Å². The van der Waals surface area contributed by atoms with E-state index in [2.05, 4.69) is 23.9 Å². The Morgan fingerprint density at radius 2 is 2.00 bits per heavy atom. The molecule has 0 saturated heterocycles. The standard InChI is InChI=1S/C10H11NO.CH5N/c1-2-5-9-8-6-3-4-7-10(8)12-11-9;1-2/h3-4,6-7H,2,5H2,1H3;2H2,1H3. The molecule has 3 nitrogen and oxygen atoms in total. The van der Waals surface area contributed by atoms with Gasteiger partial charge in [-0.05, 0) is 25.6 Å². The maximum atomic E-state index is 5.15. The number of aryl methyl sites for hydroxylation is 1. The van der Waals surface area contributed by atoms with Gasteiger partial charge in [-0.15, -0.1) is 0 Å². The van der Waals surface area contributed by atoms with Crippen molar-refractivity contribution in [1.29, 1.82) is 0 Å². The minimum absolute atomic E-state index is 0.890. The summed E-state index contributed by atoms with van der Waals surface area (Å²) in [6.07, 6.45) is 2.10. The highest BCUT2D eigenvalue weighted by molar-refractivity contribution is 5.79. The molecule has 0 bridgehead atoms. The highest BCUT2D eigenvalue weighted by atomic mass is 16.5. The molecule has 0 aliphatic rings. The van der Waals surface area contributed by atoms with E-state index in [1.165, 1.54) is 7.05 Å². The van der Waals surface area contributed by atoms with E-state index in [0.29, 0.717) is 0 Å². The number of nitrogens with zero attached hydrogens (tertiary/aromatic N) is 1. The first-order chi connectivity index (χ1) is 6.92. The third kappa shape index (κ3) is 2.12. The number of rotatable bonds is 2. The highest BCUT2D eigenvalue weighted by Gasteiger charge is 2.04. The molecule has 3 heteroatoms. The topological polar surface area (TPSA) is 52.0 Å². The predicted octanol–water partition coefficient (Wildman–Crippen LogP) is 2.36. The maximum absolute atomic E-state index is 5.15. The van der Waals surface area contributed by atoms with Crippen LogP contribution in [0.1, 0.15) is 19.0 Å². The minimum Gasteiger partial charge on any atom is -0.356 e. The number of benzene rings is 1. The van der Waals surface area contributed by atoms with Crippen LogP contribution in [0.3, 0.4) is 0 Å². The van der Waals surface area contributed by atoms with E-state index in [4.69, 9.17) is 4.52 Å². The van der Waals surface area contributed by atoms with Crippen LogP contribution in [0.4, 0.5) is 0 Å². The molecule has 0 atom stereocenters. The first-order valence-corrected chi connectivity index (χ1v) is 4.83. The molecule has 1 aromatic heterocycles. The van der Waals surface area contributed by atoms with Crippen molar-refractivity contribution < 1.29 is 4.52 Å². The molecule has 0 aliphatic heterocycles. The van der Waals surface area contributed by atoms with Gasteiger partial charge in [0.15, 0.2) is 5.58 Å². The van der Waals surface area contributed by atoms with Gasteiger partial charge < -0.3 is 10.3 Å². The fourth-order valence-electron chi connectivity index (χ4n) is 1.36. The minimum atomic E-state index is 0.890. The molecule has 1 heterocycles. The Morgan fingerprint density at radius 1 is 1.29 bits per heavy atom. The number of para-hydroxylation sites is 1. The van der Waals surface area contributed by atoms with E-state index < -0.39 is 0 Å². The van der Waals surface area contributed by atoms with Gasteiger partial charge in [-0.25, -0.2) is 0 Å². The van der Waals surface area contributed by atoms with Crippen molar-refractivity contribution in [3.8, 4) is 0 Å². The Morgan fingerprint density at radius 3 is 2.71 bits per heavy atom. The lowest BCUT2D eigenvalue weighted by Crippen LogP contribution is -1.81. The predicted molar refractivity (Wildman–Crippen MR) is 58.1 cm³/mol. The first-order valence-electron chi connectivity index (χ1n) is 4.83. The van der Waals surface area contributed by atoms with Crippen LogP contribution < -0.4 is 5.73 Å². The zero-order valence-corrected chi connectivity index (χ0v) is 8.66. The SMILES string of the molecule is CCCc1noc2ccccc12.CN. The summed E-state index contributed by atoms with van der Waals surface area (Å²) in [5.41, 5.74) is 6.47. The van der Waals surface area contributed by atoms with Crippen LogP contribution in [0.15, 0.2) is 28.8 Å². The fourth-order valence-corrected chi connectivity index (χ4v) is 1.36. The third-order valence-electron chi connectivity index (χ3n) is 1.94. The maximum Gasteiger partial charge on any atom is 0.167 e. The van der Waals surface area contributed by atoms with Gasteiger partial charge in [0, 0.05) is 5.39 Å². The number of nitrogens with two attached hydrogens (primary N) is 1. The molecule has 0 aliphatic carbocycles. The second-order valence-corrected chi connectivity index (χ2v) is 2.88. The highest BCUT2D eigenvalue weighted by Crippen LogP contribution is 2.18. The molecule has 0 fully saturated rings. The summed E-state index contributed by atoms with van der Waals surface area (Å²) in [6.45, 7) is 2.14. The van der Waals surface area contributed by atoms with Crippen molar-refractivity contribution in [2.45, 2.75) is 19.8 Å². The summed E-state index contributed by atoms with van der Waals surface area (Å²) < 4.78 is 5.15. The number of hydrogen-bond acceptors (Lipinski definition) is 3. The van der Waals surface area contributed by atoms with Crippen LogP contribution in [0.5, 0.6) is 0 Å².